The van der Waals surface area contributed by atoms with Gasteiger partial charge in [-0.15, -0.1) is 0 Å². The van der Waals surface area contributed by atoms with Crippen LogP contribution in [0.2, 0.25) is 5.02 Å². The van der Waals surface area contributed by atoms with Gasteiger partial charge in [0.15, 0.2) is 0 Å². The molecule has 12 heteroatoms. The molecule has 42 heavy (non-hydrogen) atoms. The number of pyridine rings is 1. The van der Waals surface area contributed by atoms with Gasteiger partial charge in [-0.3, -0.25) is 14.2 Å². The van der Waals surface area contributed by atoms with Crippen molar-refractivity contribution in [3.63, 3.8) is 0 Å². The van der Waals surface area contributed by atoms with Crippen LogP contribution in [0.25, 0.3) is 16.6 Å². The second-order valence-electron chi connectivity index (χ2n) is 10.9. The predicted octanol–water partition coefficient (Wildman–Crippen LogP) is 4.00. The van der Waals surface area contributed by atoms with E-state index in [4.69, 9.17) is 11.6 Å². The van der Waals surface area contributed by atoms with Crippen LogP contribution in [0.4, 0.5) is 11.6 Å². The van der Waals surface area contributed by atoms with Crippen molar-refractivity contribution in [1.29, 1.82) is 5.26 Å². The third-order valence-electron chi connectivity index (χ3n) is 6.81. The molecule has 0 aliphatic rings. The fraction of sp³-hybridized carbons (Fsp3) is 0.267. The number of halogens is 1. The molecule has 0 saturated heterocycles. The Hall–Kier alpha value is -4.79. The number of aryl methyl sites for hydroxylation is 3. The summed E-state index contributed by atoms with van der Waals surface area (Å²) in [4.78, 5) is 35.8. The van der Waals surface area contributed by atoms with Crippen molar-refractivity contribution in [2.24, 2.45) is 7.05 Å². The number of fused-ring (bicyclic) bond motifs is 1. The first-order chi connectivity index (χ1) is 19.9. The quantitative estimate of drug-likeness (QED) is 0.278. The van der Waals surface area contributed by atoms with Gasteiger partial charge >= 0.3 is 11.4 Å². The lowest BCUT2D eigenvalue weighted by molar-refractivity contribution is 0.0713. The monoisotopic (exact) mass is 584 g/mol. The minimum atomic E-state index is -0.913. The molecule has 0 fully saturated rings. The highest BCUT2D eigenvalue weighted by Crippen LogP contribution is 2.29. The van der Waals surface area contributed by atoms with Gasteiger partial charge in [-0.05, 0) is 80.6 Å². The third kappa shape index (κ3) is 6.10. The van der Waals surface area contributed by atoms with Crippen LogP contribution in [0.15, 0.2) is 64.6 Å². The average molecular weight is 585 g/mol. The highest BCUT2D eigenvalue weighted by molar-refractivity contribution is 6.34. The Morgan fingerprint density at radius 2 is 1.90 bits per heavy atom. The van der Waals surface area contributed by atoms with E-state index in [1.807, 2.05) is 19.2 Å². The molecule has 2 aromatic carbocycles. The minimum absolute atomic E-state index is 0.0167. The van der Waals surface area contributed by atoms with E-state index in [-0.39, 0.29) is 18.2 Å². The number of hydrogen-bond acceptors (Lipinski definition) is 8. The second kappa shape index (κ2) is 11.2. The van der Waals surface area contributed by atoms with Crippen molar-refractivity contribution in [1.82, 2.24) is 28.9 Å². The van der Waals surface area contributed by atoms with E-state index in [1.54, 1.807) is 62.1 Å². The maximum absolute atomic E-state index is 14.1. The Kier molecular flexibility index (Phi) is 7.69. The Labute approximate surface area is 246 Å². The number of hydrogen-bond donors (Lipinski definition) is 2. The molecule has 0 radical (unpaired) electrons. The van der Waals surface area contributed by atoms with Gasteiger partial charge in [0.2, 0.25) is 5.95 Å². The lowest BCUT2D eigenvalue weighted by Crippen LogP contribution is -2.42. The van der Waals surface area contributed by atoms with Crippen molar-refractivity contribution >= 4 is 34.1 Å². The molecule has 5 aromatic rings. The van der Waals surface area contributed by atoms with Crippen LogP contribution in [0, 0.1) is 18.3 Å². The topological polar surface area (TPSA) is 144 Å². The number of aromatic nitrogens is 6. The molecule has 0 saturated carbocycles. The van der Waals surface area contributed by atoms with Gasteiger partial charge in [0.25, 0.3) is 0 Å². The summed E-state index contributed by atoms with van der Waals surface area (Å²) in [5.41, 5.74) is 1.73. The Bertz CT molecular complexity index is 1980. The van der Waals surface area contributed by atoms with Crippen molar-refractivity contribution in [2.45, 2.75) is 45.8 Å². The average Bonchev–Trinajstić information content (AvgIpc) is 3.28. The van der Waals surface area contributed by atoms with Crippen LogP contribution in [0.3, 0.4) is 0 Å². The second-order valence-corrected chi connectivity index (χ2v) is 11.3. The van der Waals surface area contributed by atoms with Gasteiger partial charge in [0.05, 0.1) is 51.9 Å². The Morgan fingerprint density at radius 1 is 1.12 bits per heavy atom. The highest BCUT2D eigenvalue weighted by Gasteiger charge is 2.20. The molecule has 2 N–H and O–H groups in total. The van der Waals surface area contributed by atoms with Crippen LogP contribution in [0.5, 0.6) is 0 Å². The van der Waals surface area contributed by atoms with Gasteiger partial charge in [-0.1, -0.05) is 17.7 Å². The van der Waals surface area contributed by atoms with Gasteiger partial charge in [-0.25, -0.2) is 14.2 Å². The smallest absolute Gasteiger partial charge is 0.359 e. The first-order valence-corrected chi connectivity index (χ1v) is 13.6. The maximum atomic E-state index is 14.1. The predicted molar refractivity (Wildman–Crippen MR) is 161 cm³/mol. The molecule has 214 valence electrons. The van der Waals surface area contributed by atoms with E-state index < -0.39 is 17.0 Å². The fourth-order valence-corrected chi connectivity index (χ4v) is 4.90. The number of nitriles is 1. The fourth-order valence-electron chi connectivity index (χ4n) is 4.70. The van der Waals surface area contributed by atoms with Crippen LogP contribution >= 0.6 is 11.6 Å². The molecule has 0 amide bonds. The number of nitrogens with zero attached hydrogens (tertiary/aromatic N) is 7. The van der Waals surface area contributed by atoms with Crippen LogP contribution in [-0.2, 0) is 20.0 Å². The van der Waals surface area contributed by atoms with E-state index in [9.17, 15) is 20.0 Å². The Balaban J connectivity index is 1.69. The van der Waals surface area contributed by atoms with Crippen molar-refractivity contribution in [2.75, 3.05) is 5.32 Å². The summed E-state index contributed by atoms with van der Waals surface area (Å²) in [6, 6.07) is 12.5. The van der Waals surface area contributed by atoms with Gasteiger partial charge in [0.1, 0.15) is 0 Å². The molecule has 3 aromatic heterocycles. The molecule has 0 aliphatic carbocycles. The number of benzene rings is 2. The summed E-state index contributed by atoms with van der Waals surface area (Å²) >= 11 is 6.57. The summed E-state index contributed by atoms with van der Waals surface area (Å²) < 4.78 is 3.95. The normalized spacial score (nSPS) is 11.5. The molecule has 0 bridgehead atoms. The molecular formula is C30H29ClN8O3. The lowest BCUT2D eigenvalue weighted by atomic mass is 9.94. The molecule has 0 spiro atoms. The first kappa shape index (κ1) is 28.7. The summed E-state index contributed by atoms with van der Waals surface area (Å²) in [6.45, 7) is 5.24. The van der Waals surface area contributed by atoms with E-state index in [2.05, 4.69) is 26.5 Å². The zero-order chi connectivity index (χ0) is 30.2. The summed E-state index contributed by atoms with van der Waals surface area (Å²) in [5, 5.41) is 28.5. The maximum Gasteiger partial charge on any atom is 0.359 e. The highest BCUT2D eigenvalue weighted by atomic mass is 35.5. The van der Waals surface area contributed by atoms with Crippen molar-refractivity contribution in [3.8, 4) is 11.8 Å². The SMILES string of the molecule is Cc1cncc(-n2c(=O)nc(Nc3cc4cn(C)nc4cc3Cl)n(Cc3cc(C#N)ccc3CCC(C)(C)O)c2=O)c1. The number of rotatable bonds is 8. The van der Waals surface area contributed by atoms with Crippen LogP contribution in [-0.4, -0.2) is 39.6 Å². The molecule has 5 rings (SSSR count). The summed E-state index contributed by atoms with van der Waals surface area (Å²) in [6.07, 6.45) is 5.82. The van der Waals surface area contributed by atoms with Gasteiger partial charge in [-0.2, -0.15) is 15.3 Å². The third-order valence-corrected chi connectivity index (χ3v) is 7.13. The first-order valence-electron chi connectivity index (χ1n) is 13.2. The number of aliphatic hydroxyl groups is 1. The lowest BCUT2D eigenvalue weighted by Gasteiger charge is -2.20. The van der Waals surface area contributed by atoms with E-state index >= 15 is 0 Å². The van der Waals surface area contributed by atoms with E-state index in [0.717, 1.165) is 21.1 Å². The minimum Gasteiger partial charge on any atom is -0.390 e. The molecule has 11 nitrogen and oxygen atoms in total. The largest absolute Gasteiger partial charge is 0.390 e. The summed E-state index contributed by atoms with van der Waals surface area (Å²) in [5.74, 6) is -0.0252. The Morgan fingerprint density at radius 3 is 2.62 bits per heavy atom. The number of nitrogens with one attached hydrogen (secondary N) is 1. The van der Waals surface area contributed by atoms with Gasteiger partial charge < -0.3 is 10.4 Å². The molecule has 3 heterocycles. The zero-order valence-corrected chi connectivity index (χ0v) is 24.3. The molecule has 0 atom stereocenters. The van der Waals surface area contributed by atoms with E-state index in [1.165, 1.54) is 10.8 Å². The van der Waals surface area contributed by atoms with Crippen molar-refractivity contribution < 1.29 is 5.11 Å². The molecular weight excluding hydrogens is 556 g/mol. The zero-order valence-electron chi connectivity index (χ0n) is 23.6. The number of anilines is 2. The van der Waals surface area contributed by atoms with E-state index in [0.29, 0.717) is 40.2 Å². The van der Waals surface area contributed by atoms with Gasteiger partial charge in [0, 0.05) is 24.8 Å². The molecule has 0 aliphatic heterocycles. The molecule has 0 unspecified atom stereocenters. The van der Waals surface area contributed by atoms with Crippen LogP contribution in [0.1, 0.15) is 42.5 Å². The van der Waals surface area contributed by atoms with Crippen LogP contribution < -0.4 is 16.7 Å². The summed E-state index contributed by atoms with van der Waals surface area (Å²) in [7, 11) is 1.80. The standard InChI is InChI=1S/C30H29ClN8O3/c1-18-9-23(15-33-14-18)39-28(40)35-27(34-26-11-22-16-37(4)36-25(22)12-24(26)31)38(29(39)41)17-21-10-19(13-32)5-6-20(21)7-8-30(2,3)42/h5-6,9-12,14-16,42H,7-8,17H2,1-4H3,(H,34,35,40). The van der Waals surface area contributed by atoms with Crippen molar-refractivity contribution in [3.05, 3.63) is 103 Å².